The Morgan fingerprint density at radius 3 is 2.64 bits per heavy atom. The van der Waals surface area contributed by atoms with E-state index >= 15 is 0 Å². The van der Waals surface area contributed by atoms with E-state index in [2.05, 4.69) is 10.4 Å². The van der Waals surface area contributed by atoms with Crippen molar-refractivity contribution in [3.05, 3.63) is 29.7 Å². The van der Waals surface area contributed by atoms with Crippen molar-refractivity contribution in [3.8, 4) is 0 Å². The summed E-state index contributed by atoms with van der Waals surface area (Å²) in [5, 5.41) is 7.55. The molecule has 1 atom stereocenters. The maximum atomic E-state index is 13.9. The number of carbonyl (C=O) groups is 2. The number of hydrogen-bond donors (Lipinski definition) is 2. The number of rotatable bonds is 5. The summed E-state index contributed by atoms with van der Waals surface area (Å²) >= 11 is 0. The number of ether oxygens (including phenoxy) is 1. The summed E-state index contributed by atoms with van der Waals surface area (Å²) in [5.74, 6) is -1.24. The van der Waals surface area contributed by atoms with Crippen LogP contribution in [0.2, 0.25) is 0 Å². The van der Waals surface area contributed by atoms with Gasteiger partial charge in [0, 0.05) is 25.1 Å². The number of hydrogen-bond acceptors (Lipinski definition) is 4. The molecule has 0 radical (unpaired) electrons. The van der Waals surface area contributed by atoms with E-state index in [1.807, 2.05) is 20.8 Å². The third kappa shape index (κ3) is 4.32. The van der Waals surface area contributed by atoms with Gasteiger partial charge in [0.1, 0.15) is 11.9 Å². The molecule has 0 saturated carbocycles. The molecule has 152 valence electrons. The van der Waals surface area contributed by atoms with Crippen molar-refractivity contribution in [1.29, 1.82) is 0 Å². The molecule has 0 spiro atoms. The molecule has 0 unspecified atom stereocenters. The Morgan fingerprint density at radius 2 is 2.04 bits per heavy atom. The SMILES string of the molecule is CC(C)(C)[C@H](NC(=O)c1nn(CC2CCOCC2)c2ccc(F)cc12)C(N)=O. The summed E-state index contributed by atoms with van der Waals surface area (Å²) in [6.07, 6.45) is 1.83. The first kappa shape index (κ1) is 20.3. The molecule has 2 aromatic rings. The number of aromatic nitrogens is 2. The van der Waals surface area contributed by atoms with Gasteiger partial charge < -0.3 is 15.8 Å². The molecule has 0 aliphatic carbocycles. The van der Waals surface area contributed by atoms with Crippen molar-refractivity contribution in [2.24, 2.45) is 17.1 Å². The molecular formula is C20H27FN4O3. The number of benzene rings is 1. The van der Waals surface area contributed by atoms with Crippen LogP contribution in [0, 0.1) is 17.2 Å². The minimum Gasteiger partial charge on any atom is -0.381 e. The molecule has 1 aliphatic heterocycles. The molecule has 3 N–H and O–H groups in total. The lowest BCUT2D eigenvalue weighted by atomic mass is 9.86. The molecule has 1 aromatic carbocycles. The Balaban J connectivity index is 1.94. The summed E-state index contributed by atoms with van der Waals surface area (Å²) < 4.78 is 21.0. The third-order valence-electron chi connectivity index (χ3n) is 5.13. The summed E-state index contributed by atoms with van der Waals surface area (Å²) in [5.41, 5.74) is 5.68. The predicted molar refractivity (Wildman–Crippen MR) is 103 cm³/mol. The van der Waals surface area contributed by atoms with Crippen molar-refractivity contribution in [3.63, 3.8) is 0 Å². The van der Waals surface area contributed by atoms with Gasteiger partial charge in [-0.1, -0.05) is 20.8 Å². The maximum Gasteiger partial charge on any atom is 0.273 e. The van der Waals surface area contributed by atoms with Gasteiger partial charge in [0.25, 0.3) is 5.91 Å². The zero-order valence-corrected chi connectivity index (χ0v) is 16.5. The second kappa shape index (κ2) is 7.87. The highest BCUT2D eigenvalue weighted by Gasteiger charge is 2.32. The highest BCUT2D eigenvalue weighted by Crippen LogP contribution is 2.25. The van der Waals surface area contributed by atoms with Crippen LogP contribution in [0.25, 0.3) is 10.9 Å². The van der Waals surface area contributed by atoms with Crippen LogP contribution in [-0.2, 0) is 16.1 Å². The molecule has 1 aromatic heterocycles. The van der Waals surface area contributed by atoms with E-state index in [0.29, 0.717) is 36.6 Å². The zero-order chi connectivity index (χ0) is 20.5. The zero-order valence-electron chi connectivity index (χ0n) is 16.5. The summed E-state index contributed by atoms with van der Waals surface area (Å²) in [7, 11) is 0. The lowest BCUT2D eigenvalue weighted by Crippen LogP contribution is -2.52. The Hall–Kier alpha value is -2.48. The number of primary amides is 1. The second-order valence-corrected chi connectivity index (χ2v) is 8.42. The number of fused-ring (bicyclic) bond motifs is 1. The van der Waals surface area contributed by atoms with Gasteiger partial charge in [-0.3, -0.25) is 14.3 Å². The minimum absolute atomic E-state index is 0.0945. The fraction of sp³-hybridized carbons (Fsp3) is 0.550. The van der Waals surface area contributed by atoms with E-state index in [4.69, 9.17) is 10.5 Å². The standard InChI is InChI=1S/C20H27FN4O3/c1-20(2,3)17(18(22)26)23-19(27)16-14-10-13(21)4-5-15(14)25(24-16)11-12-6-8-28-9-7-12/h4-5,10,12,17H,6-9,11H2,1-3H3,(H2,22,26)(H,23,27)/t17-/m1/s1. The van der Waals surface area contributed by atoms with Gasteiger partial charge in [-0.05, 0) is 42.4 Å². The van der Waals surface area contributed by atoms with E-state index in [1.54, 1.807) is 10.7 Å². The van der Waals surface area contributed by atoms with Crippen LogP contribution in [-0.4, -0.2) is 40.9 Å². The minimum atomic E-state index is -0.871. The first-order chi connectivity index (χ1) is 13.2. The molecule has 28 heavy (non-hydrogen) atoms. The monoisotopic (exact) mass is 390 g/mol. The van der Waals surface area contributed by atoms with Crippen molar-refractivity contribution in [2.75, 3.05) is 13.2 Å². The van der Waals surface area contributed by atoms with Crippen LogP contribution in [0.15, 0.2) is 18.2 Å². The van der Waals surface area contributed by atoms with Gasteiger partial charge in [-0.15, -0.1) is 0 Å². The predicted octanol–water partition coefficient (Wildman–Crippen LogP) is 2.23. The highest BCUT2D eigenvalue weighted by atomic mass is 19.1. The molecule has 0 bridgehead atoms. The van der Waals surface area contributed by atoms with Gasteiger partial charge in [0.2, 0.25) is 5.91 Å². The van der Waals surface area contributed by atoms with Crippen molar-refractivity contribution >= 4 is 22.7 Å². The molecular weight excluding hydrogens is 363 g/mol. The largest absolute Gasteiger partial charge is 0.381 e. The average molecular weight is 390 g/mol. The van der Waals surface area contributed by atoms with Crippen LogP contribution in [0.4, 0.5) is 4.39 Å². The number of halogens is 1. The molecule has 1 aliphatic rings. The topological polar surface area (TPSA) is 99.2 Å². The molecule has 8 heteroatoms. The van der Waals surface area contributed by atoms with E-state index in [0.717, 1.165) is 12.8 Å². The van der Waals surface area contributed by atoms with Crippen molar-refractivity contribution < 1.29 is 18.7 Å². The Morgan fingerprint density at radius 1 is 1.36 bits per heavy atom. The first-order valence-electron chi connectivity index (χ1n) is 9.51. The van der Waals surface area contributed by atoms with Crippen LogP contribution < -0.4 is 11.1 Å². The summed E-state index contributed by atoms with van der Waals surface area (Å²) in [6, 6.07) is 3.41. The summed E-state index contributed by atoms with van der Waals surface area (Å²) in [4.78, 5) is 24.7. The second-order valence-electron chi connectivity index (χ2n) is 8.42. The van der Waals surface area contributed by atoms with Crippen LogP contribution in [0.1, 0.15) is 44.1 Å². The third-order valence-corrected chi connectivity index (χ3v) is 5.13. The van der Waals surface area contributed by atoms with E-state index in [-0.39, 0.29) is 5.69 Å². The van der Waals surface area contributed by atoms with Gasteiger partial charge in [0.15, 0.2) is 5.69 Å². The van der Waals surface area contributed by atoms with Crippen LogP contribution in [0.3, 0.4) is 0 Å². The fourth-order valence-corrected chi connectivity index (χ4v) is 3.55. The quantitative estimate of drug-likeness (QED) is 0.818. The molecule has 3 rings (SSSR count). The van der Waals surface area contributed by atoms with Crippen LogP contribution >= 0.6 is 0 Å². The molecule has 7 nitrogen and oxygen atoms in total. The number of amides is 2. The Bertz CT molecular complexity index is 881. The highest BCUT2D eigenvalue weighted by molar-refractivity contribution is 6.06. The average Bonchev–Trinajstić information content (AvgIpc) is 2.96. The van der Waals surface area contributed by atoms with Gasteiger partial charge in [-0.25, -0.2) is 4.39 Å². The number of carbonyl (C=O) groups excluding carboxylic acids is 2. The molecule has 1 saturated heterocycles. The normalized spacial score (nSPS) is 16.9. The number of nitrogens with two attached hydrogens (primary N) is 1. The van der Waals surface area contributed by atoms with E-state index in [1.165, 1.54) is 12.1 Å². The molecule has 1 fully saturated rings. The van der Waals surface area contributed by atoms with E-state index < -0.39 is 29.1 Å². The number of nitrogens with one attached hydrogen (secondary N) is 1. The molecule has 2 heterocycles. The van der Waals surface area contributed by atoms with Gasteiger partial charge in [0.05, 0.1) is 5.52 Å². The lowest BCUT2D eigenvalue weighted by Gasteiger charge is -2.28. The van der Waals surface area contributed by atoms with Gasteiger partial charge in [-0.2, -0.15) is 5.10 Å². The number of nitrogens with zero attached hydrogens (tertiary/aromatic N) is 2. The first-order valence-corrected chi connectivity index (χ1v) is 9.51. The lowest BCUT2D eigenvalue weighted by molar-refractivity contribution is -0.122. The maximum absolute atomic E-state index is 13.9. The van der Waals surface area contributed by atoms with Crippen LogP contribution in [0.5, 0.6) is 0 Å². The smallest absolute Gasteiger partial charge is 0.273 e. The molecule has 2 amide bonds. The fourth-order valence-electron chi connectivity index (χ4n) is 3.55. The van der Waals surface area contributed by atoms with Gasteiger partial charge >= 0.3 is 0 Å². The Kier molecular flexibility index (Phi) is 5.69. The Labute approximate surface area is 163 Å². The van der Waals surface area contributed by atoms with Crippen molar-refractivity contribution in [2.45, 2.75) is 46.2 Å². The van der Waals surface area contributed by atoms with Crippen molar-refractivity contribution in [1.82, 2.24) is 15.1 Å². The van der Waals surface area contributed by atoms with E-state index in [9.17, 15) is 14.0 Å². The summed E-state index contributed by atoms with van der Waals surface area (Å²) in [6.45, 7) is 7.46.